The third kappa shape index (κ3) is 3.82. The first-order valence-corrected chi connectivity index (χ1v) is 7.67. The number of carbonyl (C=O) groups excluding carboxylic acids is 2. The van der Waals surface area contributed by atoms with Gasteiger partial charge in [0.15, 0.2) is 5.11 Å². The molecular weight excluding hydrogens is 300 g/mol. The Labute approximate surface area is 135 Å². The molecule has 1 aliphatic heterocycles. The van der Waals surface area contributed by atoms with E-state index >= 15 is 0 Å². The molecule has 2 rings (SSSR count). The molecule has 1 aliphatic rings. The van der Waals surface area contributed by atoms with Crippen molar-refractivity contribution in [3.8, 4) is 0 Å². The van der Waals surface area contributed by atoms with Crippen LogP contribution >= 0.6 is 12.2 Å². The van der Waals surface area contributed by atoms with Crippen LogP contribution in [0.2, 0.25) is 0 Å². The Kier molecular flexibility index (Phi) is 5.49. The average molecular weight is 320 g/mol. The second kappa shape index (κ2) is 7.35. The molecule has 1 saturated heterocycles. The van der Waals surface area contributed by atoms with Crippen molar-refractivity contribution in [3.05, 3.63) is 35.4 Å². The Morgan fingerprint density at radius 2 is 1.91 bits per heavy atom. The van der Waals surface area contributed by atoms with Crippen LogP contribution in [0.3, 0.4) is 0 Å². The molecule has 0 saturated carbocycles. The van der Waals surface area contributed by atoms with Crippen LogP contribution in [-0.4, -0.2) is 42.1 Å². The Balaban J connectivity index is 1.90. The van der Waals surface area contributed by atoms with Gasteiger partial charge in [-0.3, -0.25) is 14.9 Å². The summed E-state index contributed by atoms with van der Waals surface area (Å²) in [6, 6.07) is 7.38. The highest BCUT2D eigenvalue weighted by molar-refractivity contribution is 7.80. The smallest absolute Gasteiger partial charge is 0.308 e. The van der Waals surface area contributed by atoms with E-state index in [9.17, 15) is 9.59 Å². The third-order valence-corrected chi connectivity index (χ3v) is 4.29. The first kappa shape index (κ1) is 16.4. The molecule has 0 aliphatic carbocycles. The average Bonchev–Trinajstić information content (AvgIpc) is 2.54. The van der Waals surface area contributed by atoms with E-state index in [1.165, 1.54) is 7.11 Å². The predicted molar refractivity (Wildman–Crippen MR) is 87.6 cm³/mol. The maximum atomic E-state index is 12.2. The third-order valence-electron chi connectivity index (χ3n) is 3.93. The van der Waals surface area contributed by atoms with Crippen molar-refractivity contribution in [2.45, 2.75) is 19.8 Å². The number of nitrogens with zero attached hydrogens (tertiary/aromatic N) is 1. The molecule has 6 heteroatoms. The summed E-state index contributed by atoms with van der Waals surface area (Å²) in [5.74, 6) is -0.441. The van der Waals surface area contributed by atoms with Gasteiger partial charge in [0.25, 0.3) is 5.91 Å². The summed E-state index contributed by atoms with van der Waals surface area (Å²) in [4.78, 5) is 25.7. The Morgan fingerprint density at radius 1 is 1.27 bits per heavy atom. The number of nitrogens with one attached hydrogen (secondary N) is 1. The Morgan fingerprint density at radius 3 is 2.50 bits per heavy atom. The minimum Gasteiger partial charge on any atom is -0.469 e. The van der Waals surface area contributed by atoms with E-state index in [0.29, 0.717) is 36.6 Å². The molecule has 118 valence electrons. The topological polar surface area (TPSA) is 58.6 Å². The fraction of sp³-hybridized carbons (Fsp3) is 0.438. The summed E-state index contributed by atoms with van der Waals surface area (Å²) >= 11 is 5.30. The van der Waals surface area contributed by atoms with Crippen LogP contribution in [0, 0.1) is 12.8 Å². The standard InChI is InChI=1S/C16H20N2O3S/c1-11-5-3-4-6-13(11)14(19)17-16(22)18-9-7-12(8-10-18)15(20)21-2/h3-6,12H,7-10H2,1-2H3,(H,17,19,22). The number of carbonyl (C=O) groups is 2. The van der Waals surface area contributed by atoms with Crippen molar-refractivity contribution in [2.75, 3.05) is 20.2 Å². The molecule has 0 atom stereocenters. The number of benzene rings is 1. The first-order valence-electron chi connectivity index (χ1n) is 7.26. The molecule has 0 unspecified atom stereocenters. The minimum atomic E-state index is -0.196. The molecule has 5 nitrogen and oxygen atoms in total. The number of likely N-dealkylation sites (tertiary alicyclic amines) is 1. The lowest BCUT2D eigenvalue weighted by atomic mass is 9.97. The SMILES string of the molecule is COC(=O)C1CCN(C(=S)NC(=O)c2ccccc2C)CC1. The van der Waals surface area contributed by atoms with Crippen LogP contribution in [0.15, 0.2) is 24.3 Å². The monoisotopic (exact) mass is 320 g/mol. The van der Waals surface area contributed by atoms with Crippen LogP contribution in [0.4, 0.5) is 0 Å². The molecule has 1 aromatic carbocycles. The van der Waals surface area contributed by atoms with Crippen molar-refractivity contribution >= 4 is 29.2 Å². The molecule has 22 heavy (non-hydrogen) atoms. The number of thiocarbonyl (C=S) groups is 1. The van der Waals surface area contributed by atoms with Crippen molar-refractivity contribution in [1.29, 1.82) is 0 Å². The number of rotatable bonds is 2. The quantitative estimate of drug-likeness (QED) is 0.666. The van der Waals surface area contributed by atoms with Crippen LogP contribution in [-0.2, 0) is 9.53 Å². The van der Waals surface area contributed by atoms with Gasteiger partial charge in [0.1, 0.15) is 0 Å². The van der Waals surface area contributed by atoms with Crippen LogP contribution in [0.5, 0.6) is 0 Å². The van der Waals surface area contributed by atoms with E-state index in [-0.39, 0.29) is 17.8 Å². The van der Waals surface area contributed by atoms with Gasteiger partial charge in [-0.2, -0.15) is 0 Å². The van der Waals surface area contributed by atoms with Gasteiger partial charge in [-0.25, -0.2) is 0 Å². The van der Waals surface area contributed by atoms with E-state index < -0.39 is 0 Å². The zero-order valence-corrected chi connectivity index (χ0v) is 13.6. The normalized spacial score (nSPS) is 15.3. The van der Waals surface area contributed by atoms with Crippen LogP contribution in [0.1, 0.15) is 28.8 Å². The molecule has 1 amide bonds. The molecule has 1 heterocycles. The highest BCUT2D eigenvalue weighted by atomic mass is 32.1. The van der Waals surface area contributed by atoms with Crippen LogP contribution in [0.25, 0.3) is 0 Å². The van der Waals surface area contributed by atoms with Gasteiger partial charge in [0.2, 0.25) is 0 Å². The number of amides is 1. The van der Waals surface area contributed by atoms with Gasteiger partial charge in [-0.05, 0) is 43.6 Å². The summed E-state index contributed by atoms with van der Waals surface area (Å²) in [5, 5.41) is 3.18. The Bertz CT molecular complexity index is 581. The van der Waals surface area contributed by atoms with E-state index in [1.807, 2.05) is 30.0 Å². The van der Waals surface area contributed by atoms with Gasteiger partial charge in [-0.1, -0.05) is 18.2 Å². The molecule has 0 aromatic heterocycles. The number of ether oxygens (including phenoxy) is 1. The predicted octanol–water partition coefficient (Wildman–Crippen LogP) is 1.89. The fourth-order valence-electron chi connectivity index (χ4n) is 2.56. The number of methoxy groups -OCH3 is 1. The fourth-order valence-corrected chi connectivity index (χ4v) is 2.83. The first-order chi connectivity index (χ1) is 10.5. The van der Waals surface area contributed by atoms with E-state index in [4.69, 9.17) is 17.0 Å². The summed E-state index contributed by atoms with van der Waals surface area (Å²) in [6.07, 6.45) is 1.38. The van der Waals surface area contributed by atoms with Gasteiger partial charge in [-0.15, -0.1) is 0 Å². The van der Waals surface area contributed by atoms with E-state index in [1.54, 1.807) is 6.07 Å². The van der Waals surface area contributed by atoms with Crippen molar-refractivity contribution in [3.63, 3.8) is 0 Å². The van der Waals surface area contributed by atoms with E-state index in [0.717, 1.165) is 5.56 Å². The number of hydrogen-bond donors (Lipinski definition) is 1. The zero-order valence-electron chi connectivity index (χ0n) is 12.8. The highest BCUT2D eigenvalue weighted by Gasteiger charge is 2.27. The molecule has 0 spiro atoms. The lowest BCUT2D eigenvalue weighted by Crippen LogP contribution is -2.47. The summed E-state index contributed by atoms with van der Waals surface area (Å²) in [7, 11) is 1.40. The lowest BCUT2D eigenvalue weighted by Gasteiger charge is -2.32. The van der Waals surface area contributed by atoms with Gasteiger partial charge < -0.3 is 9.64 Å². The molecule has 0 radical (unpaired) electrons. The summed E-state index contributed by atoms with van der Waals surface area (Å²) in [6.45, 7) is 3.18. The lowest BCUT2D eigenvalue weighted by molar-refractivity contribution is -0.146. The van der Waals surface area contributed by atoms with Crippen molar-refractivity contribution in [1.82, 2.24) is 10.2 Å². The molecule has 1 N–H and O–H groups in total. The number of esters is 1. The van der Waals surface area contributed by atoms with Gasteiger partial charge >= 0.3 is 5.97 Å². The second-order valence-corrected chi connectivity index (χ2v) is 5.75. The summed E-state index contributed by atoms with van der Waals surface area (Å²) in [5.41, 5.74) is 1.53. The van der Waals surface area contributed by atoms with Gasteiger partial charge in [0.05, 0.1) is 13.0 Å². The highest BCUT2D eigenvalue weighted by Crippen LogP contribution is 2.18. The minimum absolute atomic E-state index is 0.0730. The van der Waals surface area contributed by atoms with E-state index in [2.05, 4.69) is 5.32 Å². The Hall–Kier alpha value is -1.95. The number of hydrogen-bond acceptors (Lipinski definition) is 4. The molecule has 1 fully saturated rings. The zero-order chi connectivity index (χ0) is 16.1. The molecule has 0 bridgehead atoms. The summed E-state index contributed by atoms with van der Waals surface area (Å²) < 4.78 is 4.76. The van der Waals surface area contributed by atoms with Gasteiger partial charge in [0, 0.05) is 18.7 Å². The van der Waals surface area contributed by atoms with Crippen molar-refractivity contribution in [2.24, 2.45) is 5.92 Å². The number of piperidine rings is 1. The molecular formula is C16H20N2O3S. The van der Waals surface area contributed by atoms with Crippen LogP contribution < -0.4 is 5.32 Å². The largest absolute Gasteiger partial charge is 0.469 e. The second-order valence-electron chi connectivity index (χ2n) is 5.36. The molecule has 1 aromatic rings. The number of aryl methyl sites for hydroxylation is 1. The van der Waals surface area contributed by atoms with Crippen molar-refractivity contribution < 1.29 is 14.3 Å². The maximum absolute atomic E-state index is 12.2. The maximum Gasteiger partial charge on any atom is 0.308 e.